The summed E-state index contributed by atoms with van der Waals surface area (Å²) in [7, 11) is -2.53. The molecule has 1 N–H and O–H groups in total. The van der Waals surface area contributed by atoms with Gasteiger partial charge in [-0.25, -0.2) is 0 Å². The van der Waals surface area contributed by atoms with Crippen molar-refractivity contribution in [3.8, 4) is 0 Å². The Balaban J connectivity index is 2.13. The SMILES string of the molecule is CCOC(=O)CC(O)C[PH](c1ccccc1)(c1ccccc1)c1ccccc1. The number of esters is 1. The summed E-state index contributed by atoms with van der Waals surface area (Å²) in [4.78, 5) is 12.0. The van der Waals surface area contributed by atoms with Crippen LogP contribution in [0.3, 0.4) is 0 Å². The average Bonchev–Trinajstić information content (AvgIpc) is 2.74. The molecule has 0 fully saturated rings. The molecule has 0 heterocycles. The van der Waals surface area contributed by atoms with Crippen LogP contribution in [-0.2, 0) is 9.53 Å². The van der Waals surface area contributed by atoms with Crippen LogP contribution < -0.4 is 15.9 Å². The van der Waals surface area contributed by atoms with Crippen LogP contribution in [-0.4, -0.2) is 29.9 Å². The minimum absolute atomic E-state index is 0.00902. The Morgan fingerprint density at radius 2 is 1.21 bits per heavy atom. The van der Waals surface area contributed by atoms with Gasteiger partial charge in [-0.1, -0.05) is 0 Å². The van der Waals surface area contributed by atoms with Gasteiger partial charge in [0.25, 0.3) is 0 Å². The molecule has 0 saturated carbocycles. The van der Waals surface area contributed by atoms with Crippen molar-refractivity contribution < 1.29 is 14.6 Å². The van der Waals surface area contributed by atoms with Crippen LogP contribution in [0, 0.1) is 0 Å². The van der Waals surface area contributed by atoms with Gasteiger partial charge in [0.05, 0.1) is 0 Å². The first-order valence-electron chi connectivity index (χ1n) is 9.67. The Kier molecular flexibility index (Phi) is 6.97. The molecule has 146 valence electrons. The topological polar surface area (TPSA) is 46.5 Å². The number of hydrogen-bond acceptors (Lipinski definition) is 3. The Bertz CT molecular complexity index is 769. The van der Waals surface area contributed by atoms with E-state index in [0.29, 0.717) is 12.8 Å². The van der Waals surface area contributed by atoms with E-state index in [4.69, 9.17) is 4.74 Å². The monoisotopic (exact) mass is 394 g/mol. The van der Waals surface area contributed by atoms with Gasteiger partial charge in [-0.2, -0.15) is 0 Å². The standard InChI is InChI=1S/C24H27O3P/c1-2-27-24(26)18-20(25)19-28(21-12-6-3-7-13-21,22-14-8-4-9-15-22)23-16-10-5-11-17-23/h3-17,20,25,28H,2,18-19H2,1H3. The van der Waals surface area contributed by atoms with Gasteiger partial charge >= 0.3 is 167 Å². The molecule has 1 unspecified atom stereocenters. The number of carbonyl (C=O) groups excluding carboxylic acids is 1. The first-order chi connectivity index (χ1) is 13.7. The van der Waals surface area contributed by atoms with E-state index in [2.05, 4.69) is 36.4 Å². The molecule has 0 aliphatic heterocycles. The van der Waals surface area contributed by atoms with E-state index in [1.165, 1.54) is 15.9 Å². The van der Waals surface area contributed by atoms with Crippen molar-refractivity contribution in [1.82, 2.24) is 0 Å². The molecule has 3 rings (SSSR count). The zero-order chi connectivity index (χ0) is 19.8. The zero-order valence-corrected chi connectivity index (χ0v) is 17.1. The average molecular weight is 394 g/mol. The van der Waals surface area contributed by atoms with Crippen molar-refractivity contribution in [3.63, 3.8) is 0 Å². The third-order valence-corrected chi connectivity index (χ3v) is 10.1. The Morgan fingerprint density at radius 1 is 0.821 bits per heavy atom. The van der Waals surface area contributed by atoms with E-state index in [1.807, 2.05) is 54.6 Å². The summed E-state index contributed by atoms with van der Waals surface area (Å²) in [6.45, 7) is 2.10. The molecule has 0 amide bonds. The van der Waals surface area contributed by atoms with Crippen molar-refractivity contribution in [3.05, 3.63) is 91.0 Å². The molecule has 0 bridgehead atoms. The fourth-order valence-electron chi connectivity index (χ4n) is 3.86. The second-order valence-corrected chi connectivity index (χ2v) is 10.8. The number of carbonyl (C=O) groups is 1. The number of aliphatic hydroxyl groups excluding tert-OH is 1. The fraction of sp³-hybridized carbons (Fsp3) is 0.208. The van der Waals surface area contributed by atoms with Crippen LogP contribution in [0.1, 0.15) is 13.3 Å². The predicted molar refractivity (Wildman–Crippen MR) is 119 cm³/mol. The molecule has 1 atom stereocenters. The van der Waals surface area contributed by atoms with E-state index in [-0.39, 0.29) is 12.4 Å². The summed E-state index contributed by atoms with van der Waals surface area (Å²) in [5.74, 6) is -0.355. The molecule has 0 radical (unpaired) electrons. The maximum absolute atomic E-state index is 12.0. The summed E-state index contributed by atoms with van der Waals surface area (Å²) < 4.78 is 5.06. The van der Waals surface area contributed by atoms with Crippen molar-refractivity contribution in [2.75, 3.05) is 12.8 Å². The van der Waals surface area contributed by atoms with Crippen LogP contribution in [0.15, 0.2) is 91.0 Å². The minimum atomic E-state index is -2.53. The van der Waals surface area contributed by atoms with Gasteiger partial charge in [-0.05, 0) is 0 Å². The van der Waals surface area contributed by atoms with Gasteiger partial charge in [0.1, 0.15) is 0 Å². The van der Waals surface area contributed by atoms with Crippen LogP contribution in [0.5, 0.6) is 0 Å². The maximum atomic E-state index is 12.0. The van der Waals surface area contributed by atoms with E-state index in [9.17, 15) is 9.90 Å². The molecule has 0 spiro atoms. The quantitative estimate of drug-likeness (QED) is 0.472. The molecular formula is C24H27O3P. The fourth-order valence-corrected chi connectivity index (χ4v) is 8.70. The second-order valence-electron chi connectivity index (χ2n) is 6.87. The third-order valence-electron chi connectivity index (χ3n) is 5.05. The molecule has 28 heavy (non-hydrogen) atoms. The second kappa shape index (κ2) is 9.64. The first kappa shape index (κ1) is 20.3. The van der Waals surface area contributed by atoms with Crippen molar-refractivity contribution in [2.45, 2.75) is 19.4 Å². The van der Waals surface area contributed by atoms with Crippen LogP contribution in [0.25, 0.3) is 0 Å². The van der Waals surface area contributed by atoms with Crippen LogP contribution in [0.4, 0.5) is 0 Å². The van der Waals surface area contributed by atoms with Crippen LogP contribution >= 0.6 is 7.26 Å². The summed E-state index contributed by atoms with van der Waals surface area (Å²) in [6, 6.07) is 31.1. The van der Waals surface area contributed by atoms with Gasteiger partial charge in [0.15, 0.2) is 0 Å². The van der Waals surface area contributed by atoms with E-state index in [0.717, 1.165) is 0 Å². The van der Waals surface area contributed by atoms with Gasteiger partial charge in [-0.15, -0.1) is 0 Å². The normalized spacial score (nSPS) is 12.9. The van der Waals surface area contributed by atoms with E-state index >= 15 is 0 Å². The summed E-state index contributed by atoms with van der Waals surface area (Å²) in [5.41, 5.74) is 0. The Labute approximate surface area is 167 Å². The molecular weight excluding hydrogens is 367 g/mol. The summed E-state index contributed by atoms with van der Waals surface area (Å²) >= 11 is 0. The Morgan fingerprint density at radius 3 is 1.57 bits per heavy atom. The number of aliphatic hydroxyl groups is 1. The number of hydrogen-bond donors (Lipinski definition) is 1. The first-order valence-corrected chi connectivity index (χ1v) is 11.9. The van der Waals surface area contributed by atoms with Gasteiger partial charge in [0.2, 0.25) is 0 Å². The molecule has 3 aromatic carbocycles. The molecule has 0 aromatic heterocycles. The van der Waals surface area contributed by atoms with Gasteiger partial charge < -0.3 is 0 Å². The number of benzene rings is 3. The molecule has 3 nitrogen and oxygen atoms in total. The van der Waals surface area contributed by atoms with Crippen molar-refractivity contribution in [2.24, 2.45) is 0 Å². The summed E-state index contributed by atoms with van der Waals surface area (Å²) in [5, 5.41) is 14.6. The van der Waals surface area contributed by atoms with E-state index < -0.39 is 13.4 Å². The van der Waals surface area contributed by atoms with E-state index in [1.54, 1.807) is 6.92 Å². The van der Waals surface area contributed by atoms with Crippen LogP contribution in [0.2, 0.25) is 0 Å². The number of ether oxygens (including phenoxy) is 1. The van der Waals surface area contributed by atoms with Crippen molar-refractivity contribution >= 4 is 29.1 Å². The molecule has 0 aliphatic carbocycles. The predicted octanol–water partition coefficient (Wildman–Crippen LogP) is 3.03. The van der Waals surface area contributed by atoms with Gasteiger partial charge in [-0.3, -0.25) is 0 Å². The van der Waals surface area contributed by atoms with Crippen molar-refractivity contribution in [1.29, 1.82) is 0 Å². The van der Waals surface area contributed by atoms with Gasteiger partial charge in [0, 0.05) is 0 Å². The Hall–Kier alpha value is -2.48. The molecule has 3 aromatic rings. The molecule has 0 saturated heterocycles. The third kappa shape index (κ3) is 4.49. The molecule has 0 aliphatic rings. The zero-order valence-electron chi connectivity index (χ0n) is 16.1. The number of rotatable bonds is 8. The molecule has 4 heteroatoms. The summed E-state index contributed by atoms with van der Waals surface area (Å²) in [6.07, 6.45) is -0.245.